The van der Waals surface area contributed by atoms with Crippen molar-refractivity contribution in [2.75, 3.05) is 6.54 Å². The molecule has 1 aliphatic heterocycles. The predicted octanol–water partition coefficient (Wildman–Crippen LogP) is 0.813. The molecule has 0 aromatic rings. The van der Waals surface area contributed by atoms with Crippen molar-refractivity contribution in [3.8, 4) is 0 Å². The van der Waals surface area contributed by atoms with Crippen LogP contribution in [0.3, 0.4) is 0 Å². The van der Waals surface area contributed by atoms with Gasteiger partial charge in [-0.2, -0.15) is 0 Å². The minimum atomic E-state index is -0.310. The van der Waals surface area contributed by atoms with Crippen molar-refractivity contribution in [3.63, 3.8) is 0 Å². The van der Waals surface area contributed by atoms with E-state index in [1.807, 2.05) is 0 Å². The standard InChI is InChI=1S/C10H13NO2/c1-3-4-11-9(12)8(10(11)13)7-5-6(7)2/h3,6-8H,1,4-5H2,2H3. The van der Waals surface area contributed by atoms with Gasteiger partial charge < -0.3 is 0 Å². The number of β-lactam (4-membered cyclic amide) rings is 2. The normalized spacial score (nSPS) is 33.2. The molecule has 3 heteroatoms. The van der Waals surface area contributed by atoms with Crippen LogP contribution < -0.4 is 0 Å². The molecule has 0 N–H and O–H groups in total. The summed E-state index contributed by atoms with van der Waals surface area (Å²) < 4.78 is 0. The highest BCUT2D eigenvalue weighted by molar-refractivity contribution is 6.18. The quantitative estimate of drug-likeness (QED) is 0.365. The summed E-state index contributed by atoms with van der Waals surface area (Å²) in [5.41, 5.74) is 0. The van der Waals surface area contributed by atoms with Crippen LogP contribution in [0.15, 0.2) is 12.7 Å². The molecule has 0 spiro atoms. The molecule has 70 valence electrons. The summed E-state index contributed by atoms with van der Waals surface area (Å²) in [6.45, 7) is 5.96. The molecule has 3 nitrogen and oxygen atoms in total. The van der Waals surface area contributed by atoms with Crippen molar-refractivity contribution in [3.05, 3.63) is 12.7 Å². The smallest absolute Gasteiger partial charge is 0.242 e. The summed E-state index contributed by atoms with van der Waals surface area (Å²) in [4.78, 5) is 24.2. The highest BCUT2D eigenvalue weighted by atomic mass is 16.2. The van der Waals surface area contributed by atoms with Crippen molar-refractivity contribution in [1.82, 2.24) is 4.90 Å². The maximum atomic E-state index is 11.4. The lowest BCUT2D eigenvalue weighted by atomic mass is 9.91. The Kier molecular flexibility index (Phi) is 1.75. The van der Waals surface area contributed by atoms with E-state index in [0.29, 0.717) is 18.4 Å². The zero-order chi connectivity index (χ0) is 9.59. The Morgan fingerprint density at radius 1 is 1.54 bits per heavy atom. The Bertz CT molecular complexity index is 269. The molecule has 2 rings (SSSR count). The molecule has 0 aromatic carbocycles. The maximum absolute atomic E-state index is 11.4. The average molecular weight is 179 g/mol. The summed E-state index contributed by atoms with van der Waals surface area (Å²) in [7, 11) is 0. The number of amides is 2. The third-order valence-corrected chi connectivity index (χ3v) is 2.98. The van der Waals surface area contributed by atoms with Crippen LogP contribution in [0.1, 0.15) is 13.3 Å². The van der Waals surface area contributed by atoms with Gasteiger partial charge in [-0.15, -0.1) is 6.58 Å². The van der Waals surface area contributed by atoms with Gasteiger partial charge >= 0.3 is 0 Å². The Morgan fingerprint density at radius 2 is 2.08 bits per heavy atom. The Labute approximate surface area is 77.4 Å². The van der Waals surface area contributed by atoms with E-state index in [2.05, 4.69) is 13.5 Å². The van der Waals surface area contributed by atoms with Crippen molar-refractivity contribution < 1.29 is 9.59 Å². The molecular formula is C10H13NO2. The van der Waals surface area contributed by atoms with E-state index < -0.39 is 0 Å². The average Bonchev–Trinajstić information content (AvgIpc) is 2.79. The Hall–Kier alpha value is -1.12. The first-order chi connectivity index (χ1) is 6.16. The van der Waals surface area contributed by atoms with E-state index >= 15 is 0 Å². The van der Waals surface area contributed by atoms with E-state index in [1.54, 1.807) is 6.08 Å². The van der Waals surface area contributed by atoms with E-state index in [1.165, 1.54) is 4.90 Å². The van der Waals surface area contributed by atoms with E-state index in [0.717, 1.165) is 6.42 Å². The van der Waals surface area contributed by atoms with Gasteiger partial charge in [0.15, 0.2) is 0 Å². The Balaban J connectivity index is 2.00. The van der Waals surface area contributed by atoms with E-state index in [9.17, 15) is 9.59 Å². The van der Waals surface area contributed by atoms with Gasteiger partial charge in [0.2, 0.25) is 11.8 Å². The lowest BCUT2D eigenvalue weighted by Gasteiger charge is -2.35. The van der Waals surface area contributed by atoms with Gasteiger partial charge in [-0.1, -0.05) is 13.0 Å². The van der Waals surface area contributed by atoms with Crippen LogP contribution in [0.2, 0.25) is 0 Å². The number of carbonyl (C=O) groups is 2. The van der Waals surface area contributed by atoms with Crippen LogP contribution >= 0.6 is 0 Å². The first-order valence-electron chi connectivity index (χ1n) is 4.63. The third kappa shape index (κ3) is 1.10. The molecule has 1 saturated carbocycles. The predicted molar refractivity (Wildman–Crippen MR) is 47.7 cm³/mol. The first-order valence-corrected chi connectivity index (χ1v) is 4.63. The van der Waals surface area contributed by atoms with Gasteiger partial charge in [0.05, 0.1) is 0 Å². The highest BCUT2D eigenvalue weighted by Gasteiger charge is 2.56. The second kappa shape index (κ2) is 2.69. The SMILES string of the molecule is C=CCN1C(=O)C(C2CC2C)C1=O. The van der Waals surface area contributed by atoms with Gasteiger partial charge in [-0.25, -0.2) is 0 Å². The molecule has 2 fully saturated rings. The fourth-order valence-corrected chi connectivity index (χ4v) is 1.97. The number of nitrogens with zero attached hydrogens (tertiary/aromatic N) is 1. The molecule has 0 radical (unpaired) electrons. The van der Waals surface area contributed by atoms with Crippen LogP contribution in [-0.4, -0.2) is 23.3 Å². The van der Waals surface area contributed by atoms with Gasteiger partial charge in [0.1, 0.15) is 5.92 Å². The molecule has 2 amide bonds. The molecule has 1 saturated heterocycles. The van der Waals surface area contributed by atoms with Crippen LogP contribution in [0.4, 0.5) is 0 Å². The lowest BCUT2D eigenvalue weighted by Crippen LogP contribution is -2.58. The van der Waals surface area contributed by atoms with Gasteiger partial charge in [0.25, 0.3) is 0 Å². The minimum absolute atomic E-state index is 0.000694. The number of rotatable bonds is 3. The fraction of sp³-hybridized carbons (Fsp3) is 0.600. The second-order valence-electron chi connectivity index (χ2n) is 3.93. The van der Waals surface area contributed by atoms with Crippen molar-refractivity contribution in [2.24, 2.45) is 17.8 Å². The van der Waals surface area contributed by atoms with Crippen LogP contribution in [0.5, 0.6) is 0 Å². The number of imide groups is 1. The number of likely N-dealkylation sites (tertiary alicyclic amines) is 1. The Morgan fingerprint density at radius 3 is 2.46 bits per heavy atom. The first kappa shape index (κ1) is 8.48. The molecule has 0 aromatic heterocycles. The second-order valence-corrected chi connectivity index (χ2v) is 3.93. The molecular weight excluding hydrogens is 166 g/mol. The number of hydrogen-bond donors (Lipinski definition) is 0. The summed E-state index contributed by atoms with van der Waals surface area (Å²) >= 11 is 0. The van der Waals surface area contributed by atoms with E-state index in [4.69, 9.17) is 0 Å². The maximum Gasteiger partial charge on any atom is 0.242 e. The van der Waals surface area contributed by atoms with E-state index in [-0.39, 0.29) is 17.7 Å². The summed E-state index contributed by atoms with van der Waals surface area (Å²) in [6, 6.07) is 0. The fourth-order valence-electron chi connectivity index (χ4n) is 1.97. The summed E-state index contributed by atoms with van der Waals surface area (Å²) in [6.07, 6.45) is 2.62. The van der Waals surface area contributed by atoms with Crippen molar-refractivity contribution in [2.45, 2.75) is 13.3 Å². The highest BCUT2D eigenvalue weighted by Crippen LogP contribution is 2.48. The van der Waals surface area contributed by atoms with Gasteiger partial charge in [0, 0.05) is 6.54 Å². The summed E-state index contributed by atoms with van der Waals surface area (Å²) in [5.74, 6) is 0.582. The van der Waals surface area contributed by atoms with Crippen molar-refractivity contribution >= 4 is 11.8 Å². The topological polar surface area (TPSA) is 37.4 Å². The van der Waals surface area contributed by atoms with Crippen LogP contribution in [-0.2, 0) is 9.59 Å². The van der Waals surface area contributed by atoms with Gasteiger partial charge in [-0.05, 0) is 18.3 Å². The zero-order valence-corrected chi connectivity index (χ0v) is 7.69. The number of hydrogen-bond acceptors (Lipinski definition) is 2. The zero-order valence-electron chi connectivity index (χ0n) is 7.69. The number of carbonyl (C=O) groups excluding carboxylic acids is 2. The molecule has 13 heavy (non-hydrogen) atoms. The molecule has 2 atom stereocenters. The molecule has 0 bridgehead atoms. The van der Waals surface area contributed by atoms with Crippen molar-refractivity contribution in [1.29, 1.82) is 0 Å². The summed E-state index contributed by atoms with van der Waals surface area (Å²) in [5, 5.41) is 0. The third-order valence-electron chi connectivity index (χ3n) is 2.98. The van der Waals surface area contributed by atoms with Gasteiger partial charge in [-0.3, -0.25) is 14.5 Å². The lowest BCUT2D eigenvalue weighted by molar-refractivity contribution is -0.166. The minimum Gasteiger partial charge on any atom is -0.277 e. The molecule has 1 heterocycles. The molecule has 2 aliphatic rings. The van der Waals surface area contributed by atoms with Crippen LogP contribution in [0, 0.1) is 17.8 Å². The van der Waals surface area contributed by atoms with Crippen LogP contribution in [0.25, 0.3) is 0 Å². The monoisotopic (exact) mass is 179 g/mol. The molecule has 2 unspecified atom stereocenters. The molecule has 1 aliphatic carbocycles. The largest absolute Gasteiger partial charge is 0.277 e.